The molecule has 0 radical (unpaired) electrons. The lowest BCUT2D eigenvalue weighted by Gasteiger charge is -2.29. The van der Waals surface area contributed by atoms with E-state index in [0.29, 0.717) is 0 Å². The summed E-state index contributed by atoms with van der Waals surface area (Å²) in [5, 5.41) is 4.40. The van der Waals surface area contributed by atoms with E-state index in [1.165, 1.54) is 36.1 Å². The minimum atomic E-state index is 0.746. The maximum atomic E-state index is 3.60. The molecule has 0 saturated heterocycles. The first-order valence-corrected chi connectivity index (χ1v) is 7.62. The van der Waals surface area contributed by atoms with Gasteiger partial charge in [-0.2, -0.15) is 0 Å². The first-order chi connectivity index (χ1) is 8.28. The summed E-state index contributed by atoms with van der Waals surface area (Å²) >= 11 is 2.07. The number of hydrogen-bond donors (Lipinski definition) is 1. The number of hydrogen-bond acceptors (Lipinski definition) is 2. The van der Waals surface area contributed by atoms with Gasteiger partial charge in [-0.25, -0.2) is 0 Å². The second kappa shape index (κ2) is 6.46. The van der Waals surface area contributed by atoms with Gasteiger partial charge in [-0.05, 0) is 44.9 Å². The van der Waals surface area contributed by atoms with Gasteiger partial charge in [0.15, 0.2) is 0 Å². The standard InChI is InChI=1S/C15H23NS/c1-3-16-13-7-5-9-15(11-13)17-14-8-4-6-12(2)10-14/h4,6,8,10,13,15-16H,3,5,7,9,11H2,1-2H3. The molecule has 2 atom stereocenters. The Morgan fingerprint density at radius 3 is 3.00 bits per heavy atom. The SMILES string of the molecule is CCNC1CCCC(Sc2cccc(C)c2)C1. The molecule has 0 bridgehead atoms. The molecule has 1 aliphatic carbocycles. The molecule has 1 N–H and O–H groups in total. The van der Waals surface area contributed by atoms with Crippen molar-refractivity contribution in [3.8, 4) is 0 Å². The largest absolute Gasteiger partial charge is 0.314 e. The van der Waals surface area contributed by atoms with Crippen LogP contribution in [0.4, 0.5) is 0 Å². The molecular formula is C15H23NS. The Kier molecular flexibility index (Phi) is 4.93. The van der Waals surface area contributed by atoms with Gasteiger partial charge in [-0.1, -0.05) is 31.0 Å². The lowest BCUT2D eigenvalue weighted by molar-refractivity contribution is 0.388. The minimum absolute atomic E-state index is 0.746. The second-order valence-corrected chi connectivity index (χ2v) is 6.35. The number of nitrogens with one attached hydrogen (secondary N) is 1. The molecule has 2 rings (SSSR count). The van der Waals surface area contributed by atoms with Gasteiger partial charge in [0.25, 0.3) is 0 Å². The molecular weight excluding hydrogens is 226 g/mol. The molecule has 0 heterocycles. The molecule has 0 amide bonds. The Hall–Kier alpha value is -0.470. The van der Waals surface area contributed by atoms with Gasteiger partial charge in [0, 0.05) is 16.2 Å². The van der Waals surface area contributed by atoms with Crippen LogP contribution in [0.1, 0.15) is 38.2 Å². The van der Waals surface area contributed by atoms with E-state index >= 15 is 0 Å². The minimum Gasteiger partial charge on any atom is -0.314 e. The van der Waals surface area contributed by atoms with Gasteiger partial charge in [0.1, 0.15) is 0 Å². The lowest BCUT2D eigenvalue weighted by Crippen LogP contribution is -2.34. The molecule has 0 aliphatic heterocycles. The summed E-state index contributed by atoms with van der Waals surface area (Å²) in [6, 6.07) is 9.64. The summed E-state index contributed by atoms with van der Waals surface area (Å²) in [7, 11) is 0. The number of thioether (sulfide) groups is 1. The van der Waals surface area contributed by atoms with E-state index in [1.807, 2.05) is 0 Å². The fourth-order valence-corrected chi connectivity index (χ4v) is 4.02. The highest BCUT2D eigenvalue weighted by Gasteiger charge is 2.21. The normalized spacial score (nSPS) is 24.8. The van der Waals surface area contributed by atoms with Crippen molar-refractivity contribution in [2.45, 2.75) is 55.7 Å². The van der Waals surface area contributed by atoms with Crippen LogP contribution in [0.15, 0.2) is 29.2 Å². The van der Waals surface area contributed by atoms with Gasteiger partial charge < -0.3 is 5.32 Å². The zero-order chi connectivity index (χ0) is 12.1. The van der Waals surface area contributed by atoms with Gasteiger partial charge in [0.2, 0.25) is 0 Å². The average Bonchev–Trinajstić information content (AvgIpc) is 2.30. The Morgan fingerprint density at radius 2 is 2.24 bits per heavy atom. The summed E-state index contributed by atoms with van der Waals surface area (Å²) < 4.78 is 0. The fourth-order valence-electron chi connectivity index (χ4n) is 2.61. The second-order valence-electron chi connectivity index (χ2n) is 4.98. The first-order valence-electron chi connectivity index (χ1n) is 6.74. The molecule has 0 spiro atoms. The summed E-state index contributed by atoms with van der Waals surface area (Å²) in [4.78, 5) is 1.44. The highest BCUT2D eigenvalue weighted by atomic mass is 32.2. The Balaban J connectivity index is 1.90. The van der Waals surface area contributed by atoms with Crippen LogP contribution in [0.25, 0.3) is 0 Å². The zero-order valence-electron chi connectivity index (χ0n) is 10.9. The molecule has 2 unspecified atom stereocenters. The number of benzene rings is 1. The van der Waals surface area contributed by atoms with Crippen molar-refractivity contribution in [3.05, 3.63) is 29.8 Å². The molecule has 1 aromatic carbocycles. The van der Waals surface area contributed by atoms with E-state index in [4.69, 9.17) is 0 Å². The summed E-state index contributed by atoms with van der Waals surface area (Å²) in [5.74, 6) is 0. The molecule has 1 fully saturated rings. The van der Waals surface area contributed by atoms with Crippen molar-refractivity contribution >= 4 is 11.8 Å². The third kappa shape index (κ3) is 4.04. The van der Waals surface area contributed by atoms with Crippen molar-refractivity contribution in [3.63, 3.8) is 0 Å². The molecule has 1 nitrogen and oxygen atoms in total. The fraction of sp³-hybridized carbons (Fsp3) is 0.600. The predicted octanol–water partition coefficient (Wildman–Crippen LogP) is 4.01. The first kappa shape index (κ1) is 13.0. The number of aryl methyl sites for hydroxylation is 1. The van der Waals surface area contributed by atoms with Crippen molar-refractivity contribution in [1.82, 2.24) is 5.32 Å². The molecule has 17 heavy (non-hydrogen) atoms. The lowest BCUT2D eigenvalue weighted by atomic mass is 9.95. The third-order valence-corrected chi connectivity index (χ3v) is 4.70. The summed E-state index contributed by atoms with van der Waals surface area (Å²) in [6.45, 7) is 5.48. The van der Waals surface area contributed by atoms with Crippen LogP contribution >= 0.6 is 11.8 Å². The van der Waals surface area contributed by atoms with Crippen LogP contribution in [0.2, 0.25) is 0 Å². The van der Waals surface area contributed by atoms with Crippen LogP contribution in [0.5, 0.6) is 0 Å². The van der Waals surface area contributed by atoms with Crippen LogP contribution < -0.4 is 5.32 Å². The van der Waals surface area contributed by atoms with Crippen LogP contribution in [-0.2, 0) is 0 Å². The van der Waals surface area contributed by atoms with Gasteiger partial charge in [-0.3, -0.25) is 0 Å². The van der Waals surface area contributed by atoms with Gasteiger partial charge in [0.05, 0.1) is 0 Å². The van der Waals surface area contributed by atoms with Crippen LogP contribution in [0.3, 0.4) is 0 Å². The van der Waals surface area contributed by atoms with E-state index in [-0.39, 0.29) is 0 Å². The molecule has 2 heteroatoms. The Morgan fingerprint density at radius 1 is 1.35 bits per heavy atom. The monoisotopic (exact) mass is 249 g/mol. The number of rotatable bonds is 4. The maximum Gasteiger partial charge on any atom is 0.0109 e. The van der Waals surface area contributed by atoms with E-state index in [9.17, 15) is 0 Å². The summed E-state index contributed by atoms with van der Waals surface area (Å²) in [6.07, 6.45) is 5.44. The molecule has 1 saturated carbocycles. The quantitative estimate of drug-likeness (QED) is 0.865. The van der Waals surface area contributed by atoms with Crippen LogP contribution in [0, 0.1) is 6.92 Å². The predicted molar refractivity (Wildman–Crippen MR) is 76.8 cm³/mol. The van der Waals surface area contributed by atoms with Gasteiger partial charge >= 0.3 is 0 Å². The van der Waals surface area contributed by atoms with Crippen molar-refractivity contribution in [2.24, 2.45) is 0 Å². The van der Waals surface area contributed by atoms with Crippen LogP contribution in [-0.4, -0.2) is 17.8 Å². The van der Waals surface area contributed by atoms with E-state index in [1.54, 1.807) is 0 Å². The van der Waals surface area contributed by atoms with Crippen molar-refractivity contribution in [2.75, 3.05) is 6.54 Å². The highest BCUT2D eigenvalue weighted by molar-refractivity contribution is 8.00. The molecule has 0 aromatic heterocycles. The maximum absolute atomic E-state index is 3.60. The molecule has 1 aromatic rings. The molecule has 1 aliphatic rings. The highest BCUT2D eigenvalue weighted by Crippen LogP contribution is 2.33. The Bertz CT molecular complexity index is 349. The van der Waals surface area contributed by atoms with Crippen molar-refractivity contribution < 1.29 is 0 Å². The zero-order valence-corrected chi connectivity index (χ0v) is 11.7. The van der Waals surface area contributed by atoms with E-state index in [2.05, 4.69) is 55.2 Å². The van der Waals surface area contributed by atoms with Gasteiger partial charge in [-0.15, -0.1) is 11.8 Å². The summed E-state index contributed by atoms with van der Waals surface area (Å²) in [5.41, 5.74) is 1.37. The third-order valence-electron chi connectivity index (χ3n) is 3.41. The Labute approximate surface area is 109 Å². The van der Waals surface area contributed by atoms with E-state index in [0.717, 1.165) is 17.8 Å². The molecule has 94 valence electrons. The smallest absolute Gasteiger partial charge is 0.0109 e. The van der Waals surface area contributed by atoms with Crippen molar-refractivity contribution in [1.29, 1.82) is 0 Å². The van der Waals surface area contributed by atoms with E-state index < -0.39 is 0 Å². The average molecular weight is 249 g/mol. The topological polar surface area (TPSA) is 12.0 Å².